The van der Waals surface area contributed by atoms with Gasteiger partial charge in [-0.2, -0.15) is 15.0 Å². The molecule has 0 fully saturated rings. The minimum Gasteiger partial charge on any atom is -0.493 e. The van der Waals surface area contributed by atoms with Gasteiger partial charge in [-0.15, -0.1) is 0 Å². The second-order valence-electron chi connectivity index (χ2n) is 4.21. The van der Waals surface area contributed by atoms with E-state index in [9.17, 15) is 0 Å². The van der Waals surface area contributed by atoms with E-state index in [2.05, 4.69) is 20.1 Å². The summed E-state index contributed by atoms with van der Waals surface area (Å²) >= 11 is 6.09. The number of hydrogen-bond donors (Lipinski definition) is 2. The van der Waals surface area contributed by atoms with E-state index in [1.54, 1.807) is 12.1 Å². The zero-order chi connectivity index (χ0) is 16.8. The molecule has 2 aromatic rings. The highest BCUT2D eigenvalue weighted by Crippen LogP contribution is 2.35. The second kappa shape index (κ2) is 7.45. The highest BCUT2D eigenvalue weighted by atomic mass is 35.5. The van der Waals surface area contributed by atoms with Crippen LogP contribution in [0.15, 0.2) is 17.3 Å². The molecule has 1 heterocycles. The molecule has 0 atom stereocenters. The molecule has 10 heteroatoms. The number of halogens is 1. The van der Waals surface area contributed by atoms with Gasteiger partial charge in [0.15, 0.2) is 23.9 Å². The van der Waals surface area contributed by atoms with Crippen LogP contribution in [0.2, 0.25) is 5.02 Å². The fourth-order valence-electron chi connectivity index (χ4n) is 1.73. The van der Waals surface area contributed by atoms with Gasteiger partial charge in [-0.1, -0.05) is 16.8 Å². The molecule has 0 amide bonds. The average Bonchev–Trinajstić information content (AvgIpc) is 2.50. The molecule has 0 bridgehead atoms. The number of benzene rings is 1. The summed E-state index contributed by atoms with van der Waals surface area (Å²) in [4.78, 5) is 16.5. The Morgan fingerprint density at radius 1 is 1.13 bits per heavy atom. The van der Waals surface area contributed by atoms with E-state index in [1.165, 1.54) is 20.4 Å². The standard InChI is InChI=1S/C13H15ClN6O3/c1-21-9-4-7(3-8(14)11(9)22-2)5-17-23-6-10-18-12(15)20-13(16)19-10/h3-5H,6H2,1-2H3,(H4,15,16,18,19,20)/b17-5-. The highest BCUT2D eigenvalue weighted by molar-refractivity contribution is 6.32. The number of aromatic nitrogens is 3. The van der Waals surface area contributed by atoms with Crippen LogP contribution in [-0.4, -0.2) is 35.4 Å². The van der Waals surface area contributed by atoms with Gasteiger partial charge in [0.1, 0.15) is 0 Å². The first kappa shape index (κ1) is 16.6. The Hall–Kier alpha value is -2.81. The molecule has 9 nitrogen and oxygen atoms in total. The fraction of sp³-hybridized carbons (Fsp3) is 0.231. The fourth-order valence-corrected chi connectivity index (χ4v) is 2.02. The van der Waals surface area contributed by atoms with E-state index in [-0.39, 0.29) is 24.3 Å². The molecule has 0 aliphatic rings. The quantitative estimate of drug-likeness (QED) is 0.594. The van der Waals surface area contributed by atoms with Crippen LogP contribution in [-0.2, 0) is 11.4 Å². The molecule has 2 rings (SSSR count). The second-order valence-corrected chi connectivity index (χ2v) is 4.62. The number of ether oxygens (including phenoxy) is 2. The van der Waals surface area contributed by atoms with Crippen molar-refractivity contribution in [3.05, 3.63) is 28.5 Å². The highest BCUT2D eigenvalue weighted by Gasteiger charge is 2.10. The van der Waals surface area contributed by atoms with E-state index in [0.717, 1.165) is 0 Å². The average molecular weight is 339 g/mol. The number of anilines is 2. The summed E-state index contributed by atoms with van der Waals surface area (Å²) in [5.41, 5.74) is 11.6. The van der Waals surface area contributed by atoms with Crippen molar-refractivity contribution in [2.45, 2.75) is 6.61 Å². The normalized spacial score (nSPS) is 10.7. The minimum absolute atomic E-state index is 0.00551. The van der Waals surface area contributed by atoms with Crippen LogP contribution in [0.1, 0.15) is 11.4 Å². The van der Waals surface area contributed by atoms with Gasteiger partial charge in [0.25, 0.3) is 0 Å². The van der Waals surface area contributed by atoms with E-state index in [1.807, 2.05) is 0 Å². The van der Waals surface area contributed by atoms with E-state index in [4.69, 9.17) is 37.4 Å². The number of rotatable bonds is 6. The largest absolute Gasteiger partial charge is 0.493 e. The first-order valence-electron chi connectivity index (χ1n) is 6.36. The van der Waals surface area contributed by atoms with Gasteiger partial charge in [0.2, 0.25) is 11.9 Å². The molecule has 1 aromatic heterocycles. The number of methoxy groups -OCH3 is 2. The number of nitrogen functional groups attached to an aromatic ring is 2. The third kappa shape index (κ3) is 4.33. The smallest absolute Gasteiger partial charge is 0.225 e. The third-order valence-electron chi connectivity index (χ3n) is 2.64. The van der Waals surface area contributed by atoms with Crippen LogP contribution in [0.25, 0.3) is 0 Å². The zero-order valence-corrected chi connectivity index (χ0v) is 13.2. The van der Waals surface area contributed by atoms with Crippen molar-refractivity contribution in [2.24, 2.45) is 5.16 Å². The maximum absolute atomic E-state index is 6.09. The maximum atomic E-state index is 6.09. The van der Waals surface area contributed by atoms with Gasteiger partial charge in [-0.25, -0.2) is 0 Å². The molecule has 23 heavy (non-hydrogen) atoms. The number of oxime groups is 1. The number of nitrogens with two attached hydrogens (primary N) is 2. The lowest BCUT2D eigenvalue weighted by Crippen LogP contribution is -2.07. The summed E-state index contributed by atoms with van der Waals surface area (Å²) in [6.07, 6.45) is 1.46. The first-order chi connectivity index (χ1) is 11.0. The Morgan fingerprint density at radius 3 is 2.43 bits per heavy atom. The predicted octanol–water partition coefficient (Wildman–Crippen LogP) is 1.26. The molecule has 0 aliphatic heterocycles. The molecular formula is C13H15ClN6O3. The van der Waals surface area contributed by atoms with Crippen molar-refractivity contribution in [1.82, 2.24) is 15.0 Å². The summed E-state index contributed by atoms with van der Waals surface area (Å²) in [6.45, 7) is -0.00551. The SMILES string of the molecule is COc1cc(/C=N\OCc2nc(N)nc(N)n2)cc(Cl)c1OC. The predicted molar refractivity (Wildman–Crippen MR) is 85.6 cm³/mol. The van der Waals surface area contributed by atoms with Gasteiger partial charge in [0.05, 0.1) is 25.5 Å². The Labute approximate surface area is 137 Å². The number of hydrogen-bond acceptors (Lipinski definition) is 9. The molecule has 0 unspecified atom stereocenters. The van der Waals surface area contributed by atoms with Crippen molar-refractivity contribution in [1.29, 1.82) is 0 Å². The van der Waals surface area contributed by atoms with Crippen molar-refractivity contribution in [2.75, 3.05) is 25.7 Å². The molecule has 4 N–H and O–H groups in total. The van der Waals surface area contributed by atoms with E-state index >= 15 is 0 Å². The summed E-state index contributed by atoms with van der Waals surface area (Å²) < 4.78 is 10.3. The van der Waals surface area contributed by atoms with Crippen molar-refractivity contribution in [3.8, 4) is 11.5 Å². The van der Waals surface area contributed by atoms with Gasteiger partial charge < -0.3 is 25.8 Å². The molecular weight excluding hydrogens is 324 g/mol. The number of nitrogens with zero attached hydrogens (tertiary/aromatic N) is 4. The monoisotopic (exact) mass is 338 g/mol. The lowest BCUT2D eigenvalue weighted by Gasteiger charge is -2.09. The lowest BCUT2D eigenvalue weighted by atomic mass is 10.2. The summed E-state index contributed by atoms with van der Waals surface area (Å²) in [5, 5.41) is 4.20. The topological polar surface area (TPSA) is 131 Å². The minimum atomic E-state index is -0.00551. The molecule has 0 saturated carbocycles. The van der Waals surface area contributed by atoms with E-state index < -0.39 is 0 Å². The zero-order valence-electron chi connectivity index (χ0n) is 12.5. The van der Waals surface area contributed by atoms with Crippen LogP contribution in [0.3, 0.4) is 0 Å². The van der Waals surface area contributed by atoms with Gasteiger partial charge >= 0.3 is 0 Å². The maximum Gasteiger partial charge on any atom is 0.225 e. The first-order valence-corrected chi connectivity index (χ1v) is 6.74. The molecule has 1 aromatic carbocycles. The van der Waals surface area contributed by atoms with Crippen LogP contribution < -0.4 is 20.9 Å². The van der Waals surface area contributed by atoms with Gasteiger partial charge in [0, 0.05) is 5.56 Å². The Bertz CT molecular complexity index is 705. The Kier molecular flexibility index (Phi) is 5.36. The van der Waals surface area contributed by atoms with Crippen LogP contribution >= 0.6 is 11.6 Å². The third-order valence-corrected chi connectivity index (χ3v) is 2.92. The molecule has 0 radical (unpaired) electrons. The summed E-state index contributed by atoms with van der Waals surface area (Å²) in [7, 11) is 3.02. The molecule has 0 saturated heterocycles. The summed E-state index contributed by atoms with van der Waals surface area (Å²) in [5.74, 6) is 1.25. The van der Waals surface area contributed by atoms with Crippen LogP contribution in [0, 0.1) is 0 Å². The Balaban J connectivity index is 2.04. The molecule has 0 spiro atoms. The Morgan fingerprint density at radius 2 is 1.83 bits per heavy atom. The molecule has 0 aliphatic carbocycles. The lowest BCUT2D eigenvalue weighted by molar-refractivity contribution is 0.126. The molecule has 122 valence electrons. The van der Waals surface area contributed by atoms with Crippen molar-refractivity contribution >= 4 is 29.7 Å². The van der Waals surface area contributed by atoms with Crippen LogP contribution in [0.5, 0.6) is 11.5 Å². The van der Waals surface area contributed by atoms with Crippen molar-refractivity contribution in [3.63, 3.8) is 0 Å². The van der Waals surface area contributed by atoms with Gasteiger partial charge in [-0.3, -0.25) is 0 Å². The van der Waals surface area contributed by atoms with E-state index in [0.29, 0.717) is 22.1 Å². The summed E-state index contributed by atoms with van der Waals surface area (Å²) in [6, 6.07) is 3.37. The van der Waals surface area contributed by atoms with Crippen molar-refractivity contribution < 1.29 is 14.3 Å². The van der Waals surface area contributed by atoms with Gasteiger partial charge in [-0.05, 0) is 12.1 Å². The van der Waals surface area contributed by atoms with Crippen LogP contribution in [0.4, 0.5) is 11.9 Å².